The van der Waals surface area contributed by atoms with Gasteiger partial charge in [0, 0.05) is 149 Å². The van der Waals surface area contributed by atoms with E-state index in [4.69, 9.17) is 29.4 Å². The quantitative estimate of drug-likeness (QED) is 0.0337. The number of likely N-dealkylation sites (N-methyl/N-ethyl adjacent to an activating group) is 3. The van der Waals surface area contributed by atoms with Crippen LogP contribution < -0.4 is 10.6 Å². The average molecular weight is 2080 g/mol. The Morgan fingerprint density at radius 3 is 1.27 bits per heavy atom. The predicted octanol–water partition coefficient (Wildman–Crippen LogP) is 16.7. The fourth-order valence-corrected chi connectivity index (χ4v) is 20.5. The summed E-state index contributed by atoms with van der Waals surface area (Å²) >= 11 is 8.14. The highest BCUT2D eigenvalue weighted by Gasteiger charge is 2.37. The van der Waals surface area contributed by atoms with Gasteiger partial charge in [0.05, 0.1) is 153 Å². The van der Waals surface area contributed by atoms with E-state index in [0.717, 1.165) is 179 Å². The molecule has 147 heavy (non-hydrogen) atoms. The van der Waals surface area contributed by atoms with Crippen molar-refractivity contribution in [2.24, 2.45) is 5.41 Å². The molecule has 1 aliphatic heterocycles. The summed E-state index contributed by atoms with van der Waals surface area (Å²) < 4.78 is 19.0. The van der Waals surface area contributed by atoms with Crippen LogP contribution in [0.2, 0.25) is 0 Å². The lowest BCUT2D eigenvalue weighted by atomic mass is 9.93. The number of methoxy groups -OCH3 is 2. The van der Waals surface area contributed by atoms with E-state index >= 15 is 0 Å². The molecule has 15 aromatic heterocycles. The average Bonchev–Trinajstić information content (AvgIpc) is 1.62. The molecule has 2 aliphatic carbocycles. The number of nitrogens with one attached hydrogen (secondary N) is 2. The first-order chi connectivity index (χ1) is 71.2. The molecule has 0 unspecified atom stereocenters. The van der Waals surface area contributed by atoms with Crippen molar-refractivity contribution in [3.8, 4) is 82.6 Å². The summed E-state index contributed by atoms with van der Waals surface area (Å²) in [5.41, 5.74) is 12.9. The monoisotopic (exact) mass is 2080 g/mol. The van der Waals surface area contributed by atoms with Gasteiger partial charge in [-0.05, 0) is 193 Å². The summed E-state index contributed by atoms with van der Waals surface area (Å²) in [4.78, 5) is 130. The van der Waals surface area contributed by atoms with Crippen LogP contribution in [0, 0.1) is 26.2 Å². The number of rotatable bonds is 40. The van der Waals surface area contributed by atoms with E-state index in [9.17, 15) is 24.0 Å². The van der Waals surface area contributed by atoms with Crippen molar-refractivity contribution in [2.75, 3.05) is 140 Å². The minimum Gasteiger partial charge on any atom is -0.378 e. The van der Waals surface area contributed by atoms with E-state index in [1.807, 2.05) is 159 Å². The maximum absolute atomic E-state index is 13.1. The van der Waals surface area contributed by atoms with Crippen molar-refractivity contribution in [1.29, 1.82) is 0 Å². The van der Waals surface area contributed by atoms with Gasteiger partial charge < -0.3 is 49.5 Å². The van der Waals surface area contributed by atoms with Crippen molar-refractivity contribution in [2.45, 2.75) is 133 Å². The fraction of sp³-hybridized carbons (Fsp3) is 0.396. The highest BCUT2D eigenvalue weighted by atomic mass is 32.1. The third-order valence-corrected chi connectivity index (χ3v) is 29.5. The van der Waals surface area contributed by atoms with Crippen LogP contribution in [0.25, 0.3) is 82.6 Å². The number of amides is 5. The molecule has 41 heteroatoms. The van der Waals surface area contributed by atoms with Gasteiger partial charge in [0.15, 0.2) is 0 Å². The normalized spacial score (nSPS) is 13.0. The van der Waals surface area contributed by atoms with Gasteiger partial charge in [0.2, 0.25) is 0 Å². The Balaban J connectivity index is 0.000000145. The molecule has 0 spiro atoms. The van der Waals surface area contributed by atoms with Gasteiger partial charge in [0.25, 0.3) is 59.3 Å². The zero-order valence-electron chi connectivity index (χ0n) is 86.5. The first-order valence-corrected chi connectivity index (χ1v) is 53.7. The van der Waals surface area contributed by atoms with Gasteiger partial charge in [0.1, 0.15) is 0 Å². The van der Waals surface area contributed by atoms with E-state index in [2.05, 4.69) is 154 Å². The molecule has 0 atom stereocenters. The van der Waals surface area contributed by atoms with Crippen LogP contribution in [0.1, 0.15) is 184 Å². The lowest BCUT2D eigenvalue weighted by molar-refractivity contribution is 0.0594. The van der Waals surface area contributed by atoms with Crippen molar-refractivity contribution in [3.63, 3.8) is 0 Å². The molecule has 2 N–H and O–H groups in total. The second-order valence-corrected chi connectivity index (χ2v) is 41.6. The van der Waals surface area contributed by atoms with Crippen LogP contribution in [0.4, 0.5) is 0 Å². The van der Waals surface area contributed by atoms with Gasteiger partial charge >= 0.3 is 0 Å². The van der Waals surface area contributed by atoms with Crippen molar-refractivity contribution in [1.82, 2.24) is 144 Å². The second kappa shape index (κ2) is 52.2. The summed E-state index contributed by atoms with van der Waals surface area (Å²) in [5, 5.41) is 38.5. The summed E-state index contributed by atoms with van der Waals surface area (Å²) in [6.45, 7) is 43.4. The molecule has 772 valence electrons. The topological polar surface area (TPSA) is 369 Å². The van der Waals surface area contributed by atoms with Gasteiger partial charge in [-0.1, -0.05) is 84.0 Å². The lowest BCUT2D eigenvalue weighted by Gasteiger charge is -2.36. The second-order valence-electron chi connectivity index (χ2n) is 36.9. The third kappa shape index (κ3) is 27.9. The number of piperazine rings is 1. The SMILES string of the molecule is C=CCN(CC=C)C(=O)c1cnn(-c2nccc(-c3cccs3)n2)c1COC.CCN(CC)CCN(C)C(=O)c1cnn(-c2ncc(C)c(-c3cccs3)n2)c1COC.CCN(CC)CCNC(=O)c1cnn(-c2nccc(-c3cccs3)n2)c1C1CC1.CN(C)CC(C)(C)CNC(=O)c1cnn(-c2nccc(-c3cccs3)n2)c1C1CC1.Cc1cnc(-n2ncc(C(=O)N3CCN(C(C)C)CC3)c2C)nc1-c1cccs1. The lowest BCUT2D eigenvalue weighted by Crippen LogP contribution is -2.50. The van der Waals surface area contributed by atoms with E-state index < -0.39 is 0 Å². The predicted molar refractivity (Wildman–Crippen MR) is 580 cm³/mol. The van der Waals surface area contributed by atoms with Gasteiger partial charge in [-0.25, -0.2) is 63.9 Å². The number of carbonyl (C=O) groups excluding carboxylic acids is 5. The van der Waals surface area contributed by atoms with Crippen LogP contribution in [0.3, 0.4) is 0 Å². The maximum atomic E-state index is 13.1. The Kier molecular flexibility index (Phi) is 38.8. The summed E-state index contributed by atoms with van der Waals surface area (Å²) in [6, 6.07) is 26.3. The molecule has 18 rings (SSSR count). The molecule has 16 heterocycles. The van der Waals surface area contributed by atoms with Crippen LogP contribution in [-0.2, 0) is 22.7 Å². The first-order valence-electron chi connectivity index (χ1n) is 49.3. The van der Waals surface area contributed by atoms with E-state index in [1.54, 1.807) is 166 Å². The standard InChI is InChI=1S/C22H30N6O2S.C22H28N6OS.2C21H26N6OS.C20H21N5O2S/c1-6-27(7-2)11-10-26(4)21(29)17-14-24-28(18(17)15-30-5)22-23-13-16(3)20(25-22)19-9-8-12-31-19;1-22(2,14-27(3)4)13-24-20(29)16-12-25-28(19(16)15-7-8-15)21-23-10-9-17(26-21)18-6-5-11-30-18;1-14(2)25-7-9-26(10-8-25)20(28)17-13-23-27(16(17)4)21-22-12-15(3)19(24-21)18-6-5-11-29-18;1-3-26(4-2)12-11-22-20(28)16-14-24-27(19(16)15-7-8-15)21-23-10-9-17(25-21)18-6-5-13-29-18;1-4-10-24(11-5-2)19(26)15-13-22-25(17(15)14-27-3)20-21-9-8-16(23-20)18-7-6-12-28-18/h8-9,12-14H,6-7,10-11,15H2,1-5H3;5-6,9-12,15H,7-8,13-14H2,1-4H3,(H,24,29);5-6,11-14H,7-10H2,1-4H3;5-6,9-10,13-15H,3-4,7-8,11-12H2,1-2H3,(H,22,28);4-9,12-13H,1-2,10-11,14H2,3H3. The number of aromatic nitrogens is 20. The number of nitrogens with zero attached hydrogens (tertiary/aromatic N) is 27. The molecule has 1 saturated heterocycles. The minimum absolute atomic E-state index is 0.0208. The Labute approximate surface area is 878 Å². The molecular formula is C106H131N29O7S5. The van der Waals surface area contributed by atoms with Gasteiger partial charge in [-0.3, -0.25) is 28.9 Å². The maximum Gasteiger partial charge on any atom is 0.258 e. The first kappa shape index (κ1) is 109. The van der Waals surface area contributed by atoms with Crippen LogP contribution in [0.15, 0.2) is 193 Å². The largest absolute Gasteiger partial charge is 0.378 e. The van der Waals surface area contributed by atoms with Crippen molar-refractivity contribution < 1.29 is 33.4 Å². The minimum atomic E-state index is -0.174. The highest BCUT2D eigenvalue weighted by Crippen LogP contribution is 2.44. The Hall–Kier alpha value is -13.5. The summed E-state index contributed by atoms with van der Waals surface area (Å²) in [6.07, 6.45) is 24.4. The number of carbonyl (C=O) groups is 5. The third-order valence-electron chi connectivity index (χ3n) is 25.0. The number of hydrogen-bond donors (Lipinski definition) is 2. The Morgan fingerprint density at radius 1 is 0.469 bits per heavy atom. The molecule has 0 bridgehead atoms. The molecule has 36 nitrogen and oxygen atoms in total. The molecule has 15 aromatic rings. The van der Waals surface area contributed by atoms with Crippen molar-refractivity contribution >= 4 is 86.2 Å². The number of thiophene rings is 5. The summed E-state index contributed by atoms with van der Waals surface area (Å²) in [5.74, 6) is 2.61. The molecule has 0 radical (unpaired) electrons. The molecule has 0 aromatic carbocycles. The zero-order chi connectivity index (χ0) is 104. The van der Waals surface area contributed by atoms with E-state index in [1.165, 1.54) is 6.20 Å². The molecule has 3 aliphatic rings. The molecule has 2 saturated carbocycles. The van der Waals surface area contributed by atoms with Crippen LogP contribution >= 0.6 is 56.7 Å². The highest BCUT2D eigenvalue weighted by molar-refractivity contribution is 7.14. The molecule has 5 amide bonds. The number of hydrogen-bond acceptors (Lipinski definition) is 31. The Morgan fingerprint density at radius 2 is 0.857 bits per heavy atom. The zero-order valence-corrected chi connectivity index (χ0v) is 90.6. The smallest absolute Gasteiger partial charge is 0.258 e. The van der Waals surface area contributed by atoms with Gasteiger partial charge in [-0.2, -0.15) is 34.9 Å². The molecular weight excluding hydrogens is 1950 g/mol. The van der Waals surface area contributed by atoms with E-state index in [0.29, 0.717) is 120 Å². The number of ether oxygens (including phenoxy) is 2. The van der Waals surface area contributed by atoms with Crippen LogP contribution in [-0.4, -0.2) is 309 Å². The van der Waals surface area contributed by atoms with Gasteiger partial charge in [-0.15, -0.1) is 69.8 Å². The molecule has 3 fully saturated rings. The van der Waals surface area contributed by atoms with E-state index in [-0.39, 0.29) is 48.2 Å². The Bertz CT molecular complexity index is 6810. The fourth-order valence-electron chi connectivity index (χ4n) is 16.9. The van der Waals surface area contributed by atoms with Crippen LogP contribution in [0.5, 0.6) is 0 Å². The number of aryl methyl sites for hydroxylation is 2. The van der Waals surface area contributed by atoms with Crippen molar-refractivity contribution in [3.05, 3.63) is 260 Å². The summed E-state index contributed by atoms with van der Waals surface area (Å²) in [7, 11) is 9.08.